The molecule has 2 aliphatic rings. The second kappa shape index (κ2) is 4.88. The van der Waals surface area contributed by atoms with Gasteiger partial charge in [0.25, 0.3) is 0 Å². The first kappa shape index (κ1) is 13.6. The van der Waals surface area contributed by atoms with Crippen molar-refractivity contribution in [3.05, 3.63) is 22.4 Å². The van der Waals surface area contributed by atoms with Crippen molar-refractivity contribution in [2.45, 2.75) is 51.2 Å². The van der Waals surface area contributed by atoms with Gasteiger partial charge in [0.1, 0.15) is 11.6 Å². The fraction of sp³-hybridized carbons (Fsp3) is 0.600. The predicted molar refractivity (Wildman–Crippen MR) is 78.2 cm³/mol. The Morgan fingerprint density at radius 2 is 2.20 bits per heavy atom. The number of piperazine rings is 1. The Kier molecular flexibility index (Phi) is 3.32. The van der Waals surface area contributed by atoms with Gasteiger partial charge in [-0.1, -0.05) is 13.0 Å². The average molecular weight is 292 g/mol. The van der Waals surface area contributed by atoms with E-state index in [1.54, 1.807) is 11.3 Å². The predicted octanol–water partition coefficient (Wildman–Crippen LogP) is 2.15. The summed E-state index contributed by atoms with van der Waals surface area (Å²) in [6.45, 7) is 4.33. The van der Waals surface area contributed by atoms with Crippen molar-refractivity contribution in [2.75, 3.05) is 0 Å². The minimum Gasteiger partial charge on any atom is -0.340 e. The van der Waals surface area contributed by atoms with E-state index in [2.05, 4.69) is 5.32 Å². The van der Waals surface area contributed by atoms with Crippen LogP contribution in [0.1, 0.15) is 38.0 Å². The molecular weight excluding hydrogens is 272 g/mol. The summed E-state index contributed by atoms with van der Waals surface area (Å²) in [5, 5.41) is 4.96. The summed E-state index contributed by atoms with van der Waals surface area (Å²) >= 11 is 1.64. The Morgan fingerprint density at radius 1 is 1.45 bits per heavy atom. The second-order valence-electron chi connectivity index (χ2n) is 5.97. The molecule has 108 valence electrons. The first-order chi connectivity index (χ1) is 9.55. The van der Waals surface area contributed by atoms with E-state index in [4.69, 9.17) is 0 Å². The molecular formula is C15H20N2O2S. The van der Waals surface area contributed by atoms with Gasteiger partial charge in [-0.3, -0.25) is 9.59 Å². The maximum atomic E-state index is 12.8. The summed E-state index contributed by atoms with van der Waals surface area (Å²) in [7, 11) is 0. The maximum absolute atomic E-state index is 12.8. The minimum absolute atomic E-state index is 0.0213. The average Bonchev–Trinajstić information content (AvgIpc) is 3.12. The van der Waals surface area contributed by atoms with Crippen LogP contribution in [0.3, 0.4) is 0 Å². The smallest absolute Gasteiger partial charge is 0.249 e. The Hall–Kier alpha value is -1.36. The SMILES string of the molecule is CCC1(C)NC(=O)C(C2CC2)N(Cc2cccs2)C1=O. The monoisotopic (exact) mass is 292 g/mol. The molecule has 2 unspecified atom stereocenters. The van der Waals surface area contributed by atoms with Crippen LogP contribution in [0.4, 0.5) is 0 Å². The molecule has 0 aromatic carbocycles. The van der Waals surface area contributed by atoms with Crippen LogP contribution in [0.15, 0.2) is 17.5 Å². The van der Waals surface area contributed by atoms with E-state index in [0.29, 0.717) is 18.9 Å². The molecule has 4 nitrogen and oxygen atoms in total. The van der Waals surface area contributed by atoms with E-state index in [-0.39, 0.29) is 17.9 Å². The van der Waals surface area contributed by atoms with Gasteiger partial charge in [-0.05, 0) is 43.6 Å². The lowest BCUT2D eigenvalue weighted by atomic mass is 9.90. The summed E-state index contributed by atoms with van der Waals surface area (Å²) in [5.41, 5.74) is -0.750. The van der Waals surface area contributed by atoms with Gasteiger partial charge in [-0.2, -0.15) is 0 Å². The molecule has 2 heterocycles. The first-order valence-electron chi connectivity index (χ1n) is 7.20. The number of rotatable bonds is 4. The van der Waals surface area contributed by atoms with Crippen molar-refractivity contribution in [3.8, 4) is 0 Å². The summed E-state index contributed by atoms with van der Waals surface area (Å²) in [4.78, 5) is 28.2. The molecule has 2 fully saturated rings. The highest BCUT2D eigenvalue weighted by molar-refractivity contribution is 7.09. The molecule has 1 aliphatic carbocycles. The molecule has 20 heavy (non-hydrogen) atoms. The minimum atomic E-state index is -0.750. The van der Waals surface area contributed by atoms with Crippen LogP contribution in [-0.2, 0) is 16.1 Å². The first-order valence-corrected chi connectivity index (χ1v) is 8.08. The molecule has 1 aromatic rings. The van der Waals surface area contributed by atoms with Crippen LogP contribution in [0.5, 0.6) is 0 Å². The number of nitrogens with zero attached hydrogens (tertiary/aromatic N) is 1. The molecule has 1 saturated heterocycles. The largest absolute Gasteiger partial charge is 0.340 e. The molecule has 2 amide bonds. The molecule has 1 aromatic heterocycles. The van der Waals surface area contributed by atoms with Crippen LogP contribution < -0.4 is 5.32 Å². The molecule has 0 bridgehead atoms. The lowest BCUT2D eigenvalue weighted by molar-refractivity contribution is -0.156. The highest BCUT2D eigenvalue weighted by atomic mass is 32.1. The highest BCUT2D eigenvalue weighted by Gasteiger charge is 2.51. The van der Waals surface area contributed by atoms with Gasteiger partial charge in [-0.25, -0.2) is 0 Å². The van der Waals surface area contributed by atoms with Gasteiger partial charge < -0.3 is 10.2 Å². The van der Waals surface area contributed by atoms with Gasteiger partial charge >= 0.3 is 0 Å². The quantitative estimate of drug-likeness (QED) is 0.924. The van der Waals surface area contributed by atoms with Gasteiger partial charge in [-0.15, -0.1) is 11.3 Å². The zero-order valence-electron chi connectivity index (χ0n) is 11.9. The third-order valence-electron chi connectivity index (χ3n) is 4.42. The number of hydrogen-bond donors (Lipinski definition) is 1. The van der Waals surface area contributed by atoms with Crippen LogP contribution in [0.25, 0.3) is 0 Å². The van der Waals surface area contributed by atoms with Crippen molar-refractivity contribution >= 4 is 23.2 Å². The second-order valence-corrected chi connectivity index (χ2v) is 7.00. The number of nitrogens with one attached hydrogen (secondary N) is 1. The third-order valence-corrected chi connectivity index (χ3v) is 5.28. The molecule has 1 N–H and O–H groups in total. The summed E-state index contributed by atoms with van der Waals surface area (Å²) < 4.78 is 0. The Balaban J connectivity index is 1.90. The van der Waals surface area contributed by atoms with Gasteiger partial charge in [0.2, 0.25) is 11.8 Å². The van der Waals surface area contributed by atoms with Gasteiger partial charge in [0, 0.05) is 4.88 Å². The lowest BCUT2D eigenvalue weighted by Crippen LogP contribution is -2.69. The van der Waals surface area contributed by atoms with Gasteiger partial charge in [0.05, 0.1) is 6.54 Å². The molecule has 1 aliphatic heterocycles. The fourth-order valence-corrected chi connectivity index (χ4v) is 3.55. The summed E-state index contributed by atoms with van der Waals surface area (Å²) in [6.07, 6.45) is 2.72. The highest BCUT2D eigenvalue weighted by Crippen LogP contribution is 2.39. The van der Waals surface area contributed by atoms with Crippen molar-refractivity contribution in [1.29, 1.82) is 0 Å². The van der Waals surface area contributed by atoms with Crippen molar-refractivity contribution in [3.63, 3.8) is 0 Å². The molecule has 1 saturated carbocycles. The maximum Gasteiger partial charge on any atom is 0.249 e. The van der Waals surface area contributed by atoms with Crippen LogP contribution >= 0.6 is 11.3 Å². The normalized spacial score (nSPS) is 30.5. The number of carbonyl (C=O) groups excluding carboxylic acids is 2. The summed E-state index contributed by atoms with van der Waals surface area (Å²) in [5.74, 6) is 0.429. The summed E-state index contributed by atoms with van der Waals surface area (Å²) in [6, 6.07) is 3.74. The van der Waals surface area contributed by atoms with Crippen molar-refractivity contribution < 1.29 is 9.59 Å². The zero-order chi connectivity index (χ0) is 14.3. The van der Waals surface area contributed by atoms with E-state index in [0.717, 1.165) is 17.7 Å². The number of amides is 2. The molecule has 3 rings (SSSR count). The topological polar surface area (TPSA) is 49.4 Å². The number of thiophene rings is 1. The molecule has 0 radical (unpaired) electrons. The van der Waals surface area contributed by atoms with E-state index in [1.165, 1.54) is 0 Å². The molecule has 0 spiro atoms. The number of carbonyl (C=O) groups is 2. The fourth-order valence-electron chi connectivity index (χ4n) is 2.84. The zero-order valence-corrected chi connectivity index (χ0v) is 12.7. The van der Waals surface area contributed by atoms with Crippen LogP contribution in [0.2, 0.25) is 0 Å². The molecule has 5 heteroatoms. The van der Waals surface area contributed by atoms with Crippen molar-refractivity contribution in [2.24, 2.45) is 5.92 Å². The Bertz CT molecular complexity index is 524. The van der Waals surface area contributed by atoms with E-state index < -0.39 is 5.54 Å². The lowest BCUT2D eigenvalue weighted by Gasteiger charge is -2.44. The van der Waals surface area contributed by atoms with E-state index in [1.807, 2.05) is 36.3 Å². The standard InChI is InChI=1S/C15H20N2O2S/c1-3-15(2)14(19)17(9-11-5-4-8-20-11)12(10-6-7-10)13(18)16-15/h4-5,8,10,12H,3,6-7,9H2,1-2H3,(H,16,18). The van der Waals surface area contributed by atoms with Crippen molar-refractivity contribution in [1.82, 2.24) is 10.2 Å². The van der Waals surface area contributed by atoms with Crippen LogP contribution in [-0.4, -0.2) is 28.3 Å². The third kappa shape index (κ3) is 2.24. The van der Waals surface area contributed by atoms with Gasteiger partial charge in [0.15, 0.2) is 0 Å². The van der Waals surface area contributed by atoms with Crippen LogP contribution in [0, 0.1) is 5.92 Å². The Labute approximate surface area is 123 Å². The van der Waals surface area contributed by atoms with E-state index >= 15 is 0 Å². The Morgan fingerprint density at radius 3 is 2.75 bits per heavy atom. The number of hydrogen-bond acceptors (Lipinski definition) is 3. The van der Waals surface area contributed by atoms with E-state index in [9.17, 15) is 9.59 Å². The molecule has 2 atom stereocenters.